The summed E-state index contributed by atoms with van der Waals surface area (Å²) in [6.45, 7) is 9.07. The van der Waals surface area contributed by atoms with Crippen LogP contribution >= 0.6 is 0 Å². The van der Waals surface area contributed by atoms with E-state index in [0.717, 1.165) is 17.1 Å². The van der Waals surface area contributed by atoms with Crippen LogP contribution in [0.25, 0.3) is 11.3 Å². The van der Waals surface area contributed by atoms with Crippen molar-refractivity contribution in [2.75, 3.05) is 26.2 Å². The number of rotatable bonds is 8. The van der Waals surface area contributed by atoms with Crippen LogP contribution in [0.2, 0.25) is 0 Å². The molecule has 0 spiro atoms. The van der Waals surface area contributed by atoms with Crippen LogP contribution in [0.1, 0.15) is 51.0 Å². The topological polar surface area (TPSA) is 87.6 Å². The minimum atomic E-state index is -0.469. The highest BCUT2D eigenvalue weighted by Gasteiger charge is 2.40. The summed E-state index contributed by atoms with van der Waals surface area (Å²) >= 11 is 0. The van der Waals surface area contributed by atoms with Crippen LogP contribution in [0, 0.1) is 5.41 Å². The Morgan fingerprint density at radius 3 is 2.39 bits per heavy atom. The molecule has 3 N–H and O–H groups in total. The lowest BCUT2D eigenvalue weighted by Gasteiger charge is -2.41. The summed E-state index contributed by atoms with van der Waals surface area (Å²) in [6, 6.07) is 20.1. The first-order valence-corrected chi connectivity index (χ1v) is 12.9. The number of carbonyl (C=O) groups is 1. The van der Waals surface area contributed by atoms with Crippen molar-refractivity contribution in [1.82, 2.24) is 19.4 Å². The molecule has 2 amide bonds. The Morgan fingerprint density at radius 2 is 1.81 bits per heavy atom. The third-order valence-electron chi connectivity index (χ3n) is 6.73. The van der Waals surface area contributed by atoms with Gasteiger partial charge in [0.1, 0.15) is 5.82 Å². The zero-order valence-corrected chi connectivity index (χ0v) is 21.7. The van der Waals surface area contributed by atoms with Gasteiger partial charge in [-0.15, -0.1) is 0 Å². The second kappa shape index (κ2) is 11.3. The number of carbonyl (C=O) groups excluding carboxylic acids is 1. The average molecular weight is 490 g/mol. The molecule has 1 unspecified atom stereocenters. The van der Waals surface area contributed by atoms with Gasteiger partial charge in [-0.3, -0.25) is 0 Å². The van der Waals surface area contributed by atoms with Gasteiger partial charge in [0.25, 0.3) is 0 Å². The number of nitrogens with zero attached hydrogens (tertiary/aromatic N) is 4. The van der Waals surface area contributed by atoms with Crippen LogP contribution in [0.3, 0.4) is 0 Å². The lowest BCUT2D eigenvalue weighted by molar-refractivity contribution is 0.0841. The number of β-amino-alcohol motifs (C(OH)–C–C–N with tert-alkyl or cyclic N) is 1. The molecule has 7 nitrogen and oxygen atoms in total. The van der Waals surface area contributed by atoms with E-state index < -0.39 is 6.10 Å². The number of hydrogen-bond acceptors (Lipinski definition) is 4. The minimum Gasteiger partial charge on any atom is -0.391 e. The third-order valence-corrected chi connectivity index (χ3v) is 6.73. The first-order valence-electron chi connectivity index (χ1n) is 12.9. The highest BCUT2D eigenvalue weighted by Crippen LogP contribution is 2.40. The van der Waals surface area contributed by atoms with E-state index in [-0.39, 0.29) is 17.5 Å². The van der Waals surface area contributed by atoms with E-state index in [0.29, 0.717) is 45.6 Å². The first kappa shape index (κ1) is 25.9. The number of imidazole rings is 1. The maximum Gasteiger partial charge on any atom is 0.320 e. The summed E-state index contributed by atoms with van der Waals surface area (Å²) in [4.78, 5) is 22.7. The van der Waals surface area contributed by atoms with Crippen molar-refractivity contribution in [3.05, 3.63) is 78.2 Å². The van der Waals surface area contributed by atoms with Crippen molar-refractivity contribution >= 4 is 6.03 Å². The number of aliphatic hydroxyl groups is 1. The van der Waals surface area contributed by atoms with Crippen LogP contribution in [-0.2, 0) is 6.54 Å². The Balaban J connectivity index is 1.81. The zero-order chi connectivity index (χ0) is 25.7. The molecule has 0 radical (unpaired) electrons. The van der Waals surface area contributed by atoms with Crippen molar-refractivity contribution in [2.45, 2.75) is 52.3 Å². The van der Waals surface area contributed by atoms with Gasteiger partial charge in [-0.05, 0) is 30.4 Å². The molecular formula is C29H39N5O2. The maximum absolute atomic E-state index is 13.9. The fourth-order valence-corrected chi connectivity index (χ4v) is 4.99. The Kier molecular flexibility index (Phi) is 8.11. The lowest BCUT2D eigenvalue weighted by Crippen LogP contribution is -2.49. The van der Waals surface area contributed by atoms with E-state index in [1.54, 1.807) is 4.90 Å². The van der Waals surface area contributed by atoms with Gasteiger partial charge >= 0.3 is 6.03 Å². The second-order valence-corrected chi connectivity index (χ2v) is 10.7. The Bertz CT molecular complexity index is 1120. The van der Waals surface area contributed by atoms with Crippen molar-refractivity contribution < 1.29 is 9.90 Å². The molecule has 7 heteroatoms. The van der Waals surface area contributed by atoms with Crippen LogP contribution in [0.4, 0.5) is 4.79 Å². The second-order valence-electron chi connectivity index (χ2n) is 10.7. The smallest absolute Gasteiger partial charge is 0.320 e. The molecular weight excluding hydrogens is 450 g/mol. The van der Waals surface area contributed by atoms with Gasteiger partial charge in [0, 0.05) is 37.9 Å². The summed E-state index contributed by atoms with van der Waals surface area (Å²) in [6.07, 6.45) is 2.93. The fourth-order valence-electron chi connectivity index (χ4n) is 4.99. The van der Waals surface area contributed by atoms with E-state index in [1.165, 1.54) is 5.56 Å². The van der Waals surface area contributed by atoms with Crippen molar-refractivity contribution in [3.63, 3.8) is 0 Å². The molecule has 4 rings (SSSR count). The van der Waals surface area contributed by atoms with Crippen molar-refractivity contribution in [3.8, 4) is 11.3 Å². The molecule has 1 fully saturated rings. The van der Waals surface area contributed by atoms with Crippen LogP contribution in [0.15, 0.2) is 66.9 Å². The lowest BCUT2D eigenvalue weighted by atomic mass is 9.84. The summed E-state index contributed by atoms with van der Waals surface area (Å²) in [5.74, 6) is 0.857. The molecule has 3 aromatic rings. The summed E-state index contributed by atoms with van der Waals surface area (Å²) in [5.41, 5.74) is 8.71. The largest absolute Gasteiger partial charge is 0.391 e. The summed E-state index contributed by atoms with van der Waals surface area (Å²) in [7, 11) is 0. The first-order chi connectivity index (χ1) is 17.3. The van der Waals surface area contributed by atoms with Gasteiger partial charge in [-0.1, -0.05) is 81.4 Å². The van der Waals surface area contributed by atoms with Crippen LogP contribution < -0.4 is 5.73 Å². The summed E-state index contributed by atoms with van der Waals surface area (Å²) < 4.78 is 2.19. The molecule has 1 aliphatic heterocycles. The Hall–Kier alpha value is -3.16. The monoisotopic (exact) mass is 489 g/mol. The van der Waals surface area contributed by atoms with Gasteiger partial charge in [-0.25, -0.2) is 9.78 Å². The molecule has 192 valence electrons. The number of urea groups is 1. The summed E-state index contributed by atoms with van der Waals surface area (Å²) in [5, 5.41) is 10.1. The van der Waals surface area contributed by atoms with Crippen LogP contribution in [0.5, 0.6) is 0 Å². The predicted octanol–water partition coefficient (Wildman–Crippen LogP) is 4.52. The molecule has 1 aliphatic rings. The van der Waals surface area contributed by atoms with Crippen molar-refractivity contribution in [2.24, 2.45) is 11.1 Å². The zero-order valence-electron chi connectivity index (χ0n) is 21.7. The molecule has 0 aliphatic carbocycles. The molecule has 36 heavy (non-hydrogen) atoms. The molecule has 0 bridgehead atoms. The van der Waals surface area contributed by atoms with E-state index in [1.807, 2.05) is 41.3 Å². The molecule has 2 aromatic carbocycles. The van der Waals surface area contributed by atoms with E-state index in [4.69, 9.17) is 10.7 Å². The molecule has 1 aromatic heterocycles. The molecule has 1 saturated heterocycles. The third kappa shape index (κ3) is 5.97. The van der Waals surface area contributed by atoms with Crippen LogP contribution in [-0.4, -0.2) is 62.8 Å². The number of hydrogen-bond donors (Lipinski definition) is 2. The molecule has 0 saturated carbocycles. The van der Waals surface area contributed by atoms with E-state index >= 15 is 0 Å². The fraction of sp³-hybridized carbons (Fsp3) is 0.448. The standard InChI is InChI=1S/C29H39N5O2/c1-29(2,3)26(34(17-10-16-30)28(36)32-18-15-24(35)20-32)27-31-25(23-13-8-5-9-14-23)21-33(27)19-22-11-6-4-7-12-22/h4-9,11-14,21,24,26,35H,10,15-20,30H2,1-3H3/t24?,26-/m0/s1. The van der Waals surface area contributed by atoms with Gasteiger partial charge in [0.15, 0.2) is 0 Å². The SMILES string of the molecule is CC(C)(C)[C@H](c1nc(-c2ccccc2)cn1Cc1ccccc1)N(CCCN)C(=O)N1CCC(O)C1. The average Bonchev–Trinajstić information content (AvgIpc) is 3.48. The predicted molar refractivity (Wildman–Crippen MR) is 143 cm³/mol. The Morgan fingerprint density at radius 1 is 1.14 bits per heavy atom. The number of benzene rings is 2. The van der Waals surface area contributed by atoms with E-state index in [2.05, 4.69) is 55.8 Å². The maximum atomic E-state index is 13.9. The van der Waals surface area contributed by atoms with Gasteiger partial charge < -0.3 is 25.2 Å². The van der Waals surface area contributed by atoms with Crippen molar-refractivity contribution in [1.29, 1.82) is 0 Å². The quantitative estimate of drug-likeness (QED) is 0.487. The Labute approximate surface area is 214 Å². The van der Waals surface area contributed by atoms with Gasteiger partial charge in [-0.2, -0.15) is 0 Å². The highest BCUT2D eigenvalue weighted by atomic mass is 16.3. The number of nitrogens with two attached hydrogens (primary N) is 1. The molecule has 2 atom stereocenters. The number of likely N-dealkylation sites (tertiary alicyclic amines) is 1. The van der Waals surface area contributed by atoms with Gasteiger partial charge in [0.2, 0.25) is 0 Å². The number of aliphatic hydroxyl groups excluding tert-OH is 1. The highest BCUT2D eigenvalue weighted by molar-refractivity contribution is 5.75. The van der Waals surface area contributed by atoms with E-state index in [9.17, 15) is 9.90 Å². The number of amides is 2. The van der Waals surface area contributed by atoms with Gasteiger partial charge in [0.05, 0.1) is 17.8 Å². The molecule has 2 heterocycles. The minimum absolute atomic E-state index is 0.0598. The number of aromatic nitrogens is 2. The normalized spacial score (nSPS) is 16.8.